The van der Waals surface area contributed by atoms with Crippen molar-refractivity contribution in [1.29, 1.82) is 5.26 Å². The predicted octanol–water partition coefficient (Wildman–Crippen LogP) is 3.50. The smallest absolute Gasteiger partial charge is 0.0992 e. The highest BCUT2D eigenvalue weighted by atomic mass is 14.7. The molecular weight excluding hydrogens is 196 g/mol. The van der Waals surface area contributed by atoms with Crippen LogP contribution in [0.5, 0.6) is 0 Å². The van der Waals surface area contributed by atoms with Gasteiger partial charge in [-0.15, -0.1) is 0 Å². The fourth-order valence-corrected chi connectivity index (χ4v) is 2.09. The molecule has 0 unspecified atom stereocenters. The maximum Gasteiger partial charge on any atom is 0.0992 e. The summed E-state index contributed by atoms with van der Waals surface area (Å²) in [5.41, 5.74) is 4.08. The highest BCUT2D eigenvalue weighted by molar-refractivity contribution is 6.07. The molecule has 1 heterocycles. The molecular formula is C14H10N2. The number of aromatic amines is 1. The Morgan fingerprint density at radius 2 is 1.69 bits per heavy atom. The number of nitriles is 1. The summed E-state index contributed by atoms with van der Waals surface area (Å²) in [6.45, 7) is 2.08. The van der Waals surface area contributed by atoms with E-state index in [2.05, 4.69) is 36.2 Å². The van der Waals surface area contributed by atoms with E-state index in [0.29, 0.717) is 5.56 Å². The Hall–Kier alpha value is -2.27. The van der Waals surface area contributed by atoms with Gasteiger partial charge in [0, 0.05) is 21.8 Å². The molecule has 0 aliphatic carbocycles. The molecule has 0 fully saturated rings. The highest BCUT2D eigenvalue weighted by Gasteiger charge is 2.04. The molecule has 0 radical (unpaired) electrons. The average molecular weight is 206 g/mol. The minimum Gasteiger partial charge on any atom is -0.354 e. The highest BCUT2D eigenvalue weighted by Crippen LogP contribution is 2.26. The molecule has 0 amide bonds. The molecule has 2 heteroatoms. The summed E-state index contributed by atoms with van der Waals surface area (Å²) < 4.78 is 0. The van der Waals surface area contributed by atoms with Crippen LogP contribution in [0.2, 0.25) is 0 Å². The first-order valence-corrected chi connectivity index (χ1v) is 5.20. The zero-order chi connectivity index (χ0) is 11.1. The lowest BCUT2D eigenvalue weighted by Gasteiger charge is -1.92. The fraction of sp³-hybridized carbons (Fsp3) is 0.0714. The van der Waals surface area contributed by atoms with E-state index in [-0.39, 0.29) is 0 Å². The van der Waals surface area contributed by atoms with Gasteiger partial charge in [0.05, 0.1) is 11.6 Å². The van der Waals surface area contributed by atoms with Crippen LogP contribution in [0.25, 0.3) is 21.8 Å². The number of nitrogens with zero attached hydrogens (tertiary/aromatic N) is 1. The van der Waals surface area contributed by atoms with Crippen LogP contribution in [0.15, 0.2) is 36.4 Å². The van der Waals surface area contributed by atoms with E-state index in [9.17, 15) is 0 Å². The van der Waals surface area contributed by atoms with E-state index in [0.717, 1.165) is 11.0 Å². The lowest BCUT2D eigenvalue weighted by atomic mass is 10.1. The number of H-pyrrole nitrogens is 1. The Bertz CT molecular complexity index is 729. The molecule has 1 aromatic heterocycles. The van der Waals surface area contributed by atoms with Gasteiger partial charge in [-0.05, 0) is 30.7 Å². The van der Waals surface area contributed by atoms with Crippen molar-refractivity contribution < 1.29 is 0 Å². The van der Waals surface area contributed by atoms with E-state index in [1.165, 1.54) is 16.3 Å². The van der Waals surface area contributed by atoms with Gasteiger partial charge in [0.25, 0.3) is 0 Å². The second-order valence-corrected chi connectivity index (χ2v) is 4.05. The molecule has 2 aromatic carbocycles. The monoisotopic (exact) mass is 206 g/mol. The Morgan fingerprint density at radius 1 is 1.00 bits per heavy atom. The predicted molar refractivity (Wildman–Crippen MR) is 65.3 cm³/mol. The van der Waals surface area contributed by atoms with E-state index in [4.69, 9.17) is 5.26 Å². The maximum atomic E-state index is 8.85. The van der Waals surface area contributed by atoms with Gasteiger partial charge in [0.15, 0.2) is 0 Å². The molecule has 0 spiro atoms. The normalized spacial score (nSPS) is 10.8. The number of fused-ring (bicyclic) bond motifs is 3. The minimum absolute atomic E-state index is 0.691. The number of aryl methyl sites for hydroxylation is 1. The molecule has 2 nitrogen and oxygen atoms in total. The second kappa shape index (κ2) is 3.11. The molecule has 16 heavy (non-hydrogen) atoms. The number of hydrogen-bond acceptors (Lipinski definition) is 1. The van der Waals surface area contributed by atoms with E-state index in [1.807, 2.05) is 18.2 Å². The fourth-order valence-electron chi connectivity index (χ4n) is 2.09. The molecule has 0 aliphatic heterocycles. The summed E-state index contributed by atoms with van der Waals surface area (Å²) >= 11 is 0. The van der Waals surface area contributed by atoms with Crippen molar-refractivity contribution in [3.05, 3.63) is 47.5 Å². The third-order valence-corrected chi connectivity index (χ3v) is 2.88. The van der Waals surface area contributed by atoms with Crippen LogP contribution in [0.4, 0.5) is 0 Å². The van der Waals surface area contributed by atoms with Gasteiger partial charge in [0.1, 0.15) is 0 Å². The third kappa shape index (κ3) is 1.19. The standard InChI is InChI=1S/C14H10N2/c1-9-2-4-11-12-5-3-10(8-15)7-14(12)16-13(11)6-9/h2-7,16H,1H3. The van der Waals surface area contributed by atoms with Crippen molar-refractivity contribution in [2.24, 2.45) is 0 Å². The van der Waals surface area contributed by atoms with Crippen LogP contribution in [0.1, 0.15) is 11.1 Å². The van der Waals surface area contributed by atoms with Gasteiger partial charge in [-0.2, -0.15) is 5.26 Å². The zero-order valence-corrected chi connectivity index (χ0v) is 8.91. The minimum atomic E-state index is 0.691. The summed E-state index contributed by atoms with van der Waals surface area (Å²) in [5.74, 6) is 0. The van der Waals surface area contributed by atoms with Gasteiger partial charge < -0.3 is 4.98 Å². The summed E-state index contributed by atoms with van der Waals surface area (Å²) in [4.78, 5) is 3.34. The van der Waals surface area contributed by atoms with Gasteiger partial charge in [-0.25, -0.2) is 0 Å². The SMILES string of the molecule is Cc1ccc2c(c1)[nH]c1cc(C#N)ccc12. The molecule has 0 saturated heterocycles. The van der Waals surface area contributed by atoms with Crippen molar-refractivity contribution in [1.82, 2.24) is 4.98 Å². The van der Waals surface area contributed by atoms with E-state index in [1.54, 1.807) is 0 Å². The number of benzene rings is 2. The van der Waals surface area contributed by atoms with E-state index < -0.39 is 0 Å². The Labute approximate surface area is 93.1 Å². The van der Waals surface area contributed by atoms with Gasteiger partial charge in [-0.3, -0.25) is 0 Å². The molecule has 1 N–H and O–H groups in total. The summed E-state index contributed by atoms with van der Waals surface area (Å²) in [5, 5.41) is 11.2. The molecule has 3 aromatic rings. The van der Waals surface area contributed by atoms with Crippen LogP contribution in [-0.4, -0.2) is 4.98 Å². The molecule has 76 valence electrons. The van der Waals surface area contributed by atoms with Crippen molar-refractivity contribution in [3.8, 4) is 6.07 Å². The first-order chi connectivity index (χ1) is 7.78. The van der Waals surface area contributed by atoms with Crippen molar-refractivity contribution in [3.63, 3.8) is 0 Å². The van der Waals surface area contributed by atoms with Crippen molar-refractivity contribution >= 4 is 21.8 Å². The quantitative estimate of drug-likeness (QED) is 0.600. The van der Waals surface area contributed by atoms with Crippen molar-refractivity contribution in [2.75, 3.05) is 0 Å². The third-order valence-electron chi connectivity index (χ3n) is 2.88. The molecule has 0 atom stereocenters. The van der Waals surface area contributed by atoms with Crippen LogP contribution in [-0.2, 0) is 0 Å². The number of hydrogen-bond donors (Lipinski definition) is 1. The van der Waals surface area contributed by atoms with Crippen molar-refractivity contribution in [2.45, 2.75) is 6.92 Å². The Morgan fingerprint density at radius 3 is 2.44 bits per heavy atom. The first-order valence-electron chi connectivity index (χ1n) is 5.20. The molecule has 0 saturated carbocycles. The topological polar surface area (TPSA) is 39.6 Å². The second-order valence-electron chi connectivity index (χ2n) is 4.05. The number of nitrogens with one attached hydrogen (secondary N) is 1. The maximum absolute atomic E-state index is 8.85. The average Bonchev–Trinajstić information content (AvgIpc) is 2.64. The molecule has 3 rings (SSSR count). The lowest BCUT2D eigenvalue weighted by molar-refractivity contribution is 1.46. The number of aromatic nitrogens is 1. The van der Waals surface area contributed by atoms with Crippen LogP contribution >= 0.6 is 0 Å². The van der Waals surface area contributed by atoms with Gasteiger partial charge in [0.2, 0.25) is 0 Å². The Balaban J connectivity index is 2.46. The van der Waals surface area contributed by atoms with Crippen LogP contribution in [0.3, 0.4) is 0 Å². The number of rotatable bonds is 0. The van der Waals surface area contributed by atoms with Crippen LogP contribution in [0, 0.1) is 18.3 Å². The van der Waals surface area contributed by atoms with Gasteiger partial charge in [-0.1, -0.05) is 18.2 Å². The summed E-state index contributed by atoms with van der Waals surface area (Å²) in [6.07, 6.45) is 0. The first kappa shape index (κ1) is 8.99. The lowest BCUT2D eigenvalue weighted by Crippen LogP contribution is -1.72. The van der Waals surface area contributed by atoms with Gasteiger partial charge >= 0.3 is 0 Å². The summed E-state index contributed by atoms with van der Waals surface area (Å²) in [6, 6.07) is 14.3. The largest absolute Gasteiger partial charge is 0.354 e. The van der Waals surface area contributed by atoms with E-state index >= 15 is 0 Å². The molecule has 0 aliphatic rings. The van der Waals surface area contributed by atoms with Crippen LogP contribution < -0.4 is 0 Å². The molecule has 0 bridgehead atoms. The Kier molecular flexibility index (Phi) is 1.75. The summed E-state index contributed by atoms with van der Waals surface area (Å²) in [7, 11) is 0. The zero-order valence-electron chi connectivity index (χ0n) is 8.91.